The van der Waals surface area contributed by atoms with Crippen LogP contribution in [0.5, 0.6) is 0 Å². The number of carbonyl (C=O) groups is 1. The van der Waals surface area contributed by atoms with Crippen LogP contribution in [-0.4, -0.2) is 11.9 Å². The number of nitrogens with one attached hydrogen (secondary N) is 3. The summed E-state index contributed by atoms with van der Waals surface area (Å²) >= 11 is 9.70. The number of carbonyl (C=O) groups excluding carboxylic acids is 1. The van der Waals surface area contributed by atoms with Crippen LogP contribution in [0.1, 0.15) is 23.6 Å². The Bertz CT molecular complexity index is 738. The monoisotopic (exact) mass is 393 g/mol. The Balaban J connectivity index is 1.67. The number of halogens is 2. The fourth-order valence-electron chi connectivity index (χ4n) is 2.63. The van der Waals surface area contributed by atoms with Gasteiger partial charge in [0.2, 0.25) is 5.91 Å². The molecule has 0 radical (unpaired) electrons. The molecule has 4 nitrogen and oxygen atoms in total. The van der Waals surface area contributed by atoms with E-state index in [1.807, 2.05) is 49.4 Å². The summed E-state index contributed by atoms with van der Waals surface area (Å²) < 4.78 is 0.874. The van der Waals surface area contributed by atoms with Crippen molar-refractivity contribution in [2.45, 2.75) is 25.4 Å². The van der Waals surface area contributed by atoms with Gasteiger partial charge in [-0.25, -0.2) is 10.9 Å². The van der Waals surface area contributed by atoms with Crippen molar-refractivity contribution in [1.29, 1.82) is 0 Å². The summed E-state index contributed by atoms with van der Waals surface area (Å²) in [5.41, 5.74) is 9.09. The van der Waals surface area contributed by atoms with Crippen LogP contribution in [0, 0.1) is 6.92 Å². The number of amides is 1. The Morgan fingerprint density at radius 3 is 2.78 bits per heavy atom. The minimum atomic E-state index is -0.315. The maximum absolute atomic E-state index is 12.4. The van der Waals surface area contributed by atoms with E-state index in [4.69, 9.17) is 11.6 Å². The predicted octanol–water partition coefficient (Wildman–Crippen LogP) is 3.96. The Morgan fingerprint density at radius 2 is 2.04 bits per heavy atom. The highest BCUT2D eigenvalue weighted by Gasteiger charge is 2.31. The second kappa shape index (κ2) is 7.01. The van der Waals surface area contributed by atoms with Gasteiger partial charge in [-0.2, -0.15) is 0 Å². The van der Waals surface area contributed by atoms with Gasteiger partial charge in [0.1, 0.15) is 6.04 Å². The van der Waals surface area contributed by atoms with Gasteiger partial charge in [-0.15, -0.1) is 0 Å². The fraction of sp³-hybridized carbons (Fsp3) is 0.235. The maximum Gasteiger partial charge on any atom is 0.242 e. The Labute approximate surface area is 148 Å². The molecule has 120 valence electrons. The molecule has 1 heterocycles. The molecule has 0 bridgehead atoms. The first-order valence-corrected chi connectivity index (χ1v) is 8.54. The molecule has 1 aliphatic heterocycles. The molecular weight excluding hydrogens is 378 g/mol. The smallest absolute Gasteiger partial charge is 0.242 e. The van der Waals surface area contributed by atoms with Gasteiger partial charge >= 0.3 is 0 Å². The summed E-state index contributed by atoms with van der Waals surface area (Å²) in [5.74, 6) is -0.0726. The summed E-state index contributed by atoms with van der Waals surface area (Å²) in [6.07, 6.45) is 0.638. The highest BCUT2D eigenvalue weighted by Crippen LogP contribution is 2.29. The molecule has 0 spiro atoms. The lowest BCUT2D eigenvalue weighted by molar-refractivity contribution is -0.117. The first-order valence-electron chi connectivity index (χ1n) is 7.37. The van der Waals surface area contributed by atoms with Crippen molar-refractivity contribution in [3.63, 3.8) is 0 Å². The second-order valence-corrected chi connectivity index (χ2v) is 6.89. The largest absolute Gasteiger partial charge is 0.324 e. The van der Waals surface area contributed by atoms with E-state index < -0.39 is 0 Å². The number of hydrazine groups is 1. The predicted molar refractivity (Wildman–Crippen MR) is 96.4 cm³/mol. The molecule has 2 aromatic rings. The van der Waals surface area contributed by atoms with Crippen LogP contribution < -0.4 is 16.2 Å². The van der Waals surface area contributed by atoms with Gasteiger partial charge in [-0.3, -0.25) is 4.79 Å². The maximum atomic E-state index is 12.4. The normalized spacial score (nSPS) is 20.5. The molecule has 3 rings (SSSR count). The third-order valence-electron chi connectivity index (χ3n) is 3.88. The number of anilines is 1. The molecule has 0 aliphatic carbocycles. The third-order valence-corrected chi connectivity index (χ3v) is 4.88. The zero-order valence-corrected chi connectivity index (χ0v) is 14.9. The average Bonchev–Trinajstić information content (AvgIpc) is 3.00. The molecule has 1 amide bonds. The molecule has 1 saturated heterocycles. The SMILES string of the molecule is Cc1ccc(NC(=O)C2CC(c3ccccc3Cl)NN2)c(Br)c1. The van der Waals surface area contributed by atoms with Crippen LogP contribution in [0.4, 0.5) is 5.69 Å². The van der Waals surface area contributed by atoms with Crippen molar-refractivity contribution in [3.05, 3.63) is 63.1 Å². The molecule has 2 atom stereocenters. The van der Waals surface area contributed by atoms with E-state index >= 15 is 0 Å². The number of hydrogen-bond acceptors (Lipinski definition) is 3. The van der Waals surface area contributed by atoms with E-state index in [1.165, 1.54) is 0 Å². The van der Waals surface area contributed by atoms with Crippen LogP contribution in [0.2, 0.25) is 5.02 Å². The molecule has 2 unspecified atom stereocenters. The van der Waals surface area contributed by atoms with Crippen molar-refractivity contribution in [2.24, 2.45) is 0 Å². The molecule has 0 saturated carbocycles. The van der Waals surface area contributed by atoms with Crippen LogP contribution in [0.3, 0.4) is 0 Å². The molecule has 2 aromatic carbocycles. The average molecular weight is 395 g/mol. The summed E-state index contributed by atoms with van der Waals surface area (Å²) in [6.45, 7) is 2.01. The first kappa shape index (κ1) is 16.5. The quantitative estimate of drug-likeness (QED) is 0.738. The van der Waals surface area contributed by atoms with E-state index in [1.54, 1.807) is 0 Å². The van der Waals surface area contributed by atoms with Crippen molar-refractivity contribution in [1.82, 2.24) is 10.9 Å². The summed E-state index contributed by atoms with van der Waals surface area (Å²) in [5, 5.41) is 3.65. The zero-order valence-electron chi connectivity index (χ0n) is 12.6. The fourth-order valence-corrected chi connectivity index (χ4v) is 3.49. The number of aryl methyl sites for hydroxylation is 1. The Hall–Kier alpha value is -1.40. The molecule has 23 heavy (non-hydrogen) atoms. The zero-order chi connectivity index (χ0) is 16.4. The van der Waals surface area contributed by atoms with Crippen molar-refractivity contribution in [3.8, 4) is 0 Å². The summed E-state index contributed by atoms with van der Waals surface area (Å²) in [7, 11) is 0. The van der Waals surface area contributed by atoms with Gasteiger partial charge in [0.05, 0.1) is 5.69 Å². The lowest BCUT2D eigenvalue weighted by Gasteiger charge is -2.13. The Kier molecular flexibility index (Phi) is 5.02. The minimum Gasteiger partial charge on any atom is -0.324 e. The molecule has 3 N–H and O–H groups in total. The van der Waals surface area contributed by atoms with Gasteiger partial charge in [0.15, 0.2) is 0 Å². The molecule has 6 heteroatoms. The van der Waals surface area contributed by atoms with E-state index in [-0.39, 0.29) is 18.0 Å². The molecule has 1 fully saturated rings. The minimum absolute atomic E-state index is 0.0147. The van der Waals surface area contributed by atoms with Crippen molar-refractivity contribution < 1.29 is 4.79 Å². The van der Waals surface area contributed by atoms with E-state index in [9.17, 15) is 4.79 Å². The standard InChI is InChI=1S/C17H17BrClN3O/c1-10-6-7-14(12(18)8-10)20-17(23)16-9-15(21-22-16)11-4-2-3-5-13(11)19/h2-8,15-16,21-22H,9H2,1H3,(H,20,23). The van der Waals surface area contributed by atoms with Gasteiger partial charge < -0.3 is 5.32 Å². The number of hydrogen-bond donors (Lipinski definition) is 3. The molecule has 0 aromatic heterocycles. The van der Waals surface area contributed by atoms with Gasteiger partial charge in [-0.1, -0.05) is 35.9 Å². The van der Waals surface area contributed by atoms with E-state index in [0.29, 0.717) is 11.4 Å². The highest BCUT2D eigenvalue weighted by molar-refractivity contribution is 9.10. The summed E-state index contributed by atoms with van der Waals surface area (Å²) in [6, 6.07) is 13.2. The van der Waals surface area contributed by atoms with E-state index in [0.717, 1.165) is 21.3 Å². The van der Waals surface area contributed by atoms with Crippen LogP contribution >= 0.6 is 27.5 Å². The van der Waals surface area contributed by atoms with Crippen LogP contribution in [0.25, 0.3) is 0 Å². The van der Waals surface area contributed by atoms with Crippen molar-refractivity contribution >= 4 is 39.1 Å². The van der Waals surface area contributed by atoms with Crippen LogP contribution in [0.15, 0.2) is 46.9 Å². The summed E-state index contributed by atoms with van der Waals surface area (Å²) in [4.78, 5) is 12.4. The topological polar surface area (TPSA) is 53.2 Å². The third kappa shape index (κ3) is 3.75. The first-order chi connectivity index (χ1) is 11.0. The lowest BCUT2D eigenvalue weighted by atomic mass is 10.0. The Morgan fingerprint density at radius 1 is 1.26 bits per heavy atom. The van der Waals surface area contributed by atoms with Gasteiger partial charge in [-0.05, 0) is 58.6 Å². The van der Waals surface area contributed by atoms with Gasteiger partial charge in [0.25, 0.3) is 0 Å². The second-order valence-electron chi connectivity index (χ2n) is 5.62. The lowest BCUT2D eigenvalue weighted by Crippen LogP contribution is -2.39. The van der Waals surface area contributed by atoms with E-state index in [2.05, 4.69) is 32.1 Å². The van der Waals surface area contributed by atoms with Crippen LogP contribution in [-0.2, 0) is 4.79 Å². The van der Waals surface area contributed by atoms with Crippen molar-refractivity contribution in [2.75, 3.05) is 5.32 Å². The molecular formula is C17H17BrClN3O. The van der Waals surface area contributed by atoms with Gasteiger partial charge in [0, 0.05) is 15.5 Å². The highest BCUT2D eigenvalue weighted by atomic mass is 79.9. The number of rotatable bonds is 3. The number of benzene rings is 2. The molecule has 1 aliphatic rings.